The molecule has 2 aromatic heterocycles. The van der Waals surface area contributed by atoms with Crippen LogP contribution in [-0.2, 0) is 11.2 Å². The van der Waals surface area contributed by atoms with Crippen molar-refractivity contribution >= 4 is 33.5 Å². The van der Waals surface area contributed by atoms with E-state index in [0.29, 0.717) is 41.8 Å². The van der Waals surface area contributed by atoms with Gasteiger partial charge in [0.15, 0.2) is 0 Å². The van der Waals surface area contributed by atoms with E-state index in [9.17, 15) is 9.59 Å². The molecule has 2 heterocycles. The number of hydrogen-bond acceptors (Lipinski definition) is 5. The quantitative estimate of drug-likeness (QED) is 0.441. The zero-order chi connectivity index (χ0) is 20.2. The number of benzene rings is 2. The Morgan fingerprint density at radius 3 is 2.66 bits per heavy atom. The van der Waals surface area contributed by atoms with E-state index in [4.69, 9.17) is 0 Å². The van der Waals surface area contributed by atoms with Gasteiger partial charge in [-0.25, -0.2) is 9.97 Å². The van der Waals surface area contributed by atoms with Gasteiger partial charge in [0, 0.05) is 18.2 Å². The fourth-order valence-corrected chi connectivity index (χ4v) is 3.21. The van der Waals surface area contributed by atoms with Crippen molar-refractivity contribution in [2.75, 3.05) is 5.43 Å². The van der Waals surface area contributed by atoms with Crippen LogP contribution in [0.1, 0.15) is 24.2 Å². The van der Waals surface area contributed by atoms with E-state index in [0.717, 1.165) is 16.5 Å². The first-order valence-corrected chi connectivity index (χ1v) is 9.49. The number of hydrogen-bond donors (Lipinski definition) is 3. The molecule has 0 saturated carbocycles. The van der Waals surface area contributed by atoms with Gasteiger partial charge in [0.05, 0.1) is 16.4 Å². The first-order chi connectivity index (χ1) is 14.1. The van der Waals surface area contributed by atoms with Crippen LogP contribution in [0.4, 0.5) is 5.82 Å². The summed E-state index contributed by atoms with van der Waals surface area (Å²) in [6.07, 6.45) is 1.38. The average Bonchev–Trinajstić information content (AvgIpc) is 2.72. The lowest BCUT2D eigenvalue weighted by molar-refractivity contribution is -0.120. The van der Waals surface area contributed by atoms with Crippen molar-refractivity contribution in [1.29, 1.82) is 0 Å². The molecule has 0 aliphatic carbocycles. The highest BCUT2D eigenvalue weighted by molar-refractivity contribution is 5.82. The van der Waals surface area contributed by atoms with Gasteiger partial charge < -0.3 is 4.98 Å². The van der Waals surface area contributed by atoms with Gasteiger partial charge in [0.25, 0.3) is 5.56 Å². The molecule has 2 aromatic carbocycles. The van der Waals surface area contributed by atoms with Crippen LogP contribution in [0.3, 0.4) is 0 Å². The molecular weight excluding hydrogens is 366 g/mol. The number of H-pyrrole nitrogens is 1. The summed E-state index contributed by atoms with van der Waals surface area (Å²) in [5.74, 6) is 1.06. The molecule has 0 aliphatic heterocycles. The minimum Gasteiger partial charge on any atom is -0.310 e. The Morgan fingerprint density at radius 2 is 1.79 bits per heavy atom. The molecule has 0 radical (unpaired) electrons. The fraction of sp³-hybridized carbons (Fsp3) is 0.182. The molecule has 7 heteroatoms. The summed E-state index contributed by atoms with van der Waals surface area (Å²) in [7, 11) is 0. The lowest BCUT2D eigenvalue weighted by atomic mass is 10.1. The molecule has 0 aliphatic rings. The number of aromatic amines is 1. The molecule has 4 rings (SSSR count). The molecule has 146 valence electrons. The molecule has 0 saturated heterocycles. The normalized spacial score (nSPS) is 10.9. The standard InChI is InChI=1S/C22H21N5O2/c1-14-13-15-7-2-4-9-17(15)24-21(14)27-26-20(28)12-6-11-19-23-18-10-5-3-8-16(18)22(29)25-19/h2-5,7-10,13H,6,11-12H2,1H3,(H,24,27)(H,26,28)(H,23,25,29). The molecule has 7 nitrogen and oxygen atoms in total. The van der Waals surface area contributed by atoms with Gasteiger partial charge in [-0.05, 0) is 43.2 Å². The summed E-state index contributed by atoms with van der Waals surface area (Å²) in [5.41, 5.74) is 7.90. The van der Waals surface area contributed by atoms with Crippen molar-refractivity contribution in [2.24, 2.45) is 0 Å². The maximum atomic E-state index is 12.2. The third kappa shape index (κ3) is 4.24. The molecule has 0 bridgehead atoms. The summed E-state index contributed by atoms with van der Waals surface area (Å²) in [4.78, 5) is 36.0. The predicted octanol–water partition coefficient (Wildman–Crippen LogP) is 3.25. The van der Waals surface area contributed by atoms with Gasteiger partial charge in [-0.2, -0.15) is 0 Å². The smallest absolute Gasteiger partial charge is 0.258 e. The van der Waals surface area contributed by atoms with Crippen molar-refractivity contribution in [3.8, 4) is 0 Å². The first-order valence-electron chi connectivity index (χ1n) is 9.49. The number of nitrogens with zero attached hydrogens (tertiary/aromatic N) is 2. The molecule has 0 atom stereocenters. The van der Waals surface area contributed by atoms with E-state index in [1.54, 1.807) is 6.07 Å². The Kier molecular flexibility index (Phi) is 5.20. The SMILES string of the molecule is Cc1cc2ccccc2nc1NNC(=O)CCCc1nc2ccccc2c(=O)[nH]1. The maximum Gasteiger partial charge on any atom is 0.258 e. The Bertz CT molecular complexity index is 1250. The van der Waals surface area contributed by atoms with Gasteiger partial charge in [0.1, 0.15) is 11.6 Å². The van der Waals surface area contributed by atoms with E-state index >= 15 is 0 Å². The number of carbonyl (C=O) groups is 1. The average molecular weight is 387 g/mol. The number of carbonyl (C=O) groups excluding carboxylic acids is 1. The Morgan fingerprint density at radius 1 is 1.03 bits per heavy atom. The summed E-state index contributed by atoms with van der Waals surface area (Å²) < 4.78 is 0. The van der Waals surface area contributed by atoms with Gasteiger partial charge in [-0.15, -0.1) is 0 Å². The fourth-order valence-electron chi connectivity index (χ4n) is 3.21. The number of aromatic nitrogens is 3. The number of fused-ring (bicyclic) bond motifs is 2. The summed E-state index contributed by atoms with van der Waals surface area (Å²) in [6.45, 7) is 1.94. The summed E-state index contributed by atoms with van der Waals surface area (Å²) in [6, 6.07) is 17.1. The number of para-hydroxylation sites is 2. The largest absolute Gasteiger partial charge is 0.310 e. The van der Waals surface area contributed by atoms with Crippen molar-refractivity contribution < 1.29 is 4.79 Å². The summed E-state index contributed by atoms with van der Waals surface area (Å²) >= 11 is 0. The number of anilines is 1. The topological polar surface area (TPSA) is 99.8 Å². The van der Waals surface area contributed by atoms with Crippen LogP contribution in [0.15, 0.2) is 59.4 Å². The van der Waals surface area contributed by atoms with Crippen LogP contribution in [0, 0.1) is 6.92 Å². The lowest BCUT2D eigenvalue weighted by Gasteiger charge is -2.11. The molecule has 3 N–H and O–H groups in total. The Hall–Kier alpha value is -3.74. The number of aryl methyl sites for hydroxylation is 2. The van der Waals surface area contributed by atoms with Gasteiger partial charge in [-0.3, -0.25) is 20.4 Å². The Balaban J connectivity index is 1.33. The lowest BCUT2D eigenvalue weighted by Crippen LogP contribution is -2.30. The zero-order valence-corrected chi connectivity index (χ0v) is 16.0. The molecule has 4 aromatic rings. The highest BCUT2D eigenvalue weighted by Crippen LogP contribution is 2.18. The van der Waals surface area contributed by atoms with E-state index in [1.807, 2.05) is 55.5 Å². The number of pyridine rings is 1. The van der Waals surface area contributed by atoms with E-state index < -0.39 is 0 Å². The van der Waals surface area contributed by atoms with Crippen LogP contribution >= 0.6 is 0 Å². The van der Waals surface area contributed by atoms with Crippen LogP contribution in [0.5, 0.6) is 0 Å². The second-order valence-electron chi connectivity index (χ2n) is 6.90. The minimum absolute atomic E-state index is 0.150. The second-order valence-corrected chi connectivity index (χ2v) is 6.90. The number of nitrogens with one attached hydrogen (secondary N) is 3. The molecular formula is C22H21N5O2. The maximum absolute atomic E-state index is 12.2. The molecule has 0 spiro atoms. The van der Waals surface area contributed by atoms with E-state index in [1.165, 1.54) is 0 Å². The van der Waals surface area contributed by atoms with Crippen molar-refractivity contribution in [3.63, 3.8) is 0 Å². The number of hydrazine groups is 1. The molecule has 1 amide bonds. The van der Waals surface area contributed by atoms with Crippen LogP contribution < -0.4 is 16.4 Å². The van der Waals surface area contributed by atoms with Crippen molar-refractivity contribution in [2.45, 2.75) is 26.2 Å². The predicted molar refractivity (Wildman–Crippen MR) is 114 cm³/mol. The van der Waals surface area contributed by atoms with Gasteiger partial charge >= 0.3 is 0 Å². The Labute approximate surface area is 167 Å². The zero-order valence-electron chi connectivity index (χ0n) is 16.0. The monoisotopic (exact) mass is 387 g/mol. The second kappa shape index (κ2) is 8.10. The highest BCUT2D eigenvalue weighted by Gasteiger charge is 2.07. The van der Waals surface area contributed by atoms with Crippen LogP contribution in [0.2, 0.25) is 0 Å². The minimum atomic E-state index is -0.158. The first kappa shape index (κ1) is 18.6. The van der Waals surface area contributed by atoms with Crippen LogP contribution in [-0.4, -0.2) is 20.9 Å². The molecule has 29 heavy (non-hydrogen) atoms. The number of amides is 1. The molecule has 0 unspecified atom stereocenters. The van der Waals surface area contributed by atoms with Crippen LogP contribution in [0.25, 0.3) is 21.8 Å². The third-order valence-corrected chi connectivity index (χ3v) is 4.71. The van der Waals surface area contributed by atoms with Gasteiger partial charge in [0.2, 0.25) is 5.91 Å². The highest BCUT2D eigenvalue weighted by atomic mass is 16.2. The molecule has 0 fully saturated rings. The third-order valence-electron chi connectivity index (χ3n) is 4.71. The summed E-state index contributed by atoms with van der Waals surface area (Å²) in [5, 5.41) is 1.62. The van der Waals surface area contributed by atoms with E-state index in [2.05, 4.69) is 25.8 Å². The van der Waals surface area contributed by atoms with Gasteiger partial charge in [-0.1, -0.05) is 30.3 Å². The van der Waals surface area contributed by atoms with Crippen molar-refractivity contribution in [1.82, 2.24) is 20.4 Å². The number of rotatable bonds is 6. The van der Waals surface area contributed by atoms with Crippen molar-refractivity contribution in [3.05, 3.63) is 76.3 Å². The van der Waals surface area contributed by atoms with E-state index in [-0.39, 0.29) is 11.5 Å².